The van der Waals surface area contributed by atoms with Crippen LogP contribution in [0.4, 0.5) is 5.69 Å². The van der Waals surface area contributed by atoms with Gasteiger partial charge in [-0.05, 0) is 64.8 Å². The molecule has 3 atom stereocenters. The molecular formula is C29H45N5O7. The standard InChI is InChI=1S/C29H45N5O7/c1-20(30-14-5-15-34-25(36)11-12-26(34)37)16-31-23(19-41-29(2,3)4)17-32-24(10-13-27(38)39)28(40)33-22-8-6-21(18-35)7-9-22/h6-9,11-12,20,23-24,30-32,35H,5,10,13-19H2,1-4H3,(H,33,40)(H,38,39)/t20-,23-,24-/m0/s1. The molecular weight excluding hydrogens is 530 g/mol. The zero-order chi connectivity index (χ0) is 30.4. The summed E-state index contributed by atoms with van der Waals surface area (Å²) in [5, 5.41) is 31.3. The number of hydrogen-bond donors (Lipinski definition) is 6. The van der Waals surface area contributed by atoms with Crippen molar-refractivity contribution < 1.29 is 34.1 Å². The summed E-state index contributed by atoms with van der Waals surface area (Å²) < 4.78 is 5.99. The Kier molecular flexibility index (Phi) is 14.1. The molecule has 0 aromatic heterocycles. The van der Waals surface area contributed by atoms with E-state index in [1.165, 1.54) is 17.1 Å². The van der Waals surface area contributed by atoms with Crippen molar-refractivity contribution in [2.75, 3.05) is 38.1 Å². The number of aliphatic hydroxyl groups is 1. The lowest BCUT2D eigenvalue weighted by atomic mass is 10.1. The van der Waals surface area contributed by atoms with Crippen LogP contribution in [0.5, 0.6) is 0 Å². The van der Waals surface area contributed by atoms with Crippen molar-refractivity contribution in [2.45, 2.75) is 77.3 Å². The minimum atomic E-state index is -0.989. The minimum Gasteiger partial charge on any atom is -0.481 e. The van der Waals surface area contributed by atoms with Crippen molar-refractivity contribution in [3.8, 4) is 0 Å². The maximum atomic E-state index is 13.0. The van der Waals surface area contributed by atoms with Gasteiger partial charge in [-0.3, -0.25) is 24.1 Å². The molecule has 0 saturated heterocycles. The first-order chi connectivity index (χ1) is 19.4. The van der Waals surface area contributed by atoms with E-state index in [2.05, 4.69) is 21.3 Å². The Morgan fingerprint density at radius 1 is 1.00 bits per heavy atom. The molecule has 12 nitrogen and oxygen atoms in total. The Labute approximate surface area is 241 Å². The van der Waals surface area contributed by atoms with Gasteiger partial charge in [0.05, 0.1) is 24.9 Å². The second-order valence-electron chi connectivity index (χ2n) is 11.1. The summed E-state index contributed by atoms with van der Waals surface area (Å²) in [7, 11) is 0. The van der Waals surface area contributed by atoms with Crippen LogP contribution in [0.25, 0.3) is 0 Å². The van der Waals surface area contributed by atoms with Gasteiger partial charge < -0.3 is 36.2 Å². The molecule has 1 aliphatic heterocycles. The van der Waals surface area contributed by atoms with E-state index in [-0.39, 0.29) is 54.9 Å². The lowest BCUT2D eigenvalue weighted by Gasteiger charge is -2.28. The van der Waals surface area contributed by atoms with E-state index in [0.29, 0.717) is 50.5 Å². The molecule has 0 fully saturated rings. The molecule has 1 aromatic rings. The van der Waals surface area contributed by atoms with Crippen molar-refractivity contribution in [3.05, 3.63) is 42.0 Å². The summed E-state index contributed by atoms with van der Waals surface area (Å²) in [6.07, 6.45) is 3.13. The van der Waals surface area contributed by atoms with Crippen molar-refractivity contribution in [1.82, 2.24) is 20.9 Å². The number of amides is 3. The minimum absolute atomic E-state index is 0.0724. The Morgan fingerprint density at radius 2 is 1.66 bits per heavy atom. The SMILES string of the molecule is C[C@@H](CN[C@@H](CN[C@@H](CCC(=O)O)C(=O)Nc1ccc(CO)cc1)COC(C)(C)C)NCCCN1C(=O)C=CC1=O. The summed E-state index contributed by atoms with van der Waals surface area (Å²) in [5.41, 5.74) is 0.896. The van der Waals surface area contributed by atoms with Gasteiger partial charge in [-0.1, -0.05) is 12.1 Å². The zero-order valence-electron chi connectivity index (χ0n) is 24.4. The maximum Gasteiger partial charge on any atom is 0.303 e. The lowest BCUT2D eigenvalue weighted by Crippen LogP contribution is -2.51. The van der Waals surface area contributed by atoms with Crippen molar-refractivity contribution in [1.29, 1.82) is 0 Å². The molecule has 0 unspecified atom stereocenters. The number of carbonyl (C=O) groups is 4. The fraction of sp³-hybridized carbons (Fsp3) is 0.586. The first kappa shape index (κ1) is 34.0. The zero-order valence-corrected chi connectivity index (χ0v) is 24.4. The quantitative estimate of drug-likeness (QED) is 0.103. The highest BCUT2D eigenvalue weighted by molar-refractivity contribution is 6.12. The molecule has 0 bridgehead atoms. The van der Waals surface area contributed by atoms with Crippen molar-refractivity contribution in [2.24, 2.45) is 0 Å². The first-order valence-corrected chi connectivity index (χ1v) is 14.0. The number of aliphatic carboxylic acids is 1. The monoisotopic (exact) mass is 575 g/mol. The molecule has 6 N–H and O–H groups in total. The molecule has 228 valence electrons. The van der Waals surface area contributed by atoms with Gasteiger partial charge in [0, 0.05) is 56.0 Å². The number of anilines is 1. The van der Waals surface area contributed by atoms with E-state index >= 15 is 0 Å². The van der Waals surface area contributed by atoms with E-state index in [1.54, 1.807) is 24.3 Å². The van der Waals surface area contributed by atoms with Crippen molar-refractivity contribution >= 4 is 29.4 Å². The number of aliphatic hydroxyl groups excluding tert-OH is 1. The van der Waals surface area contributed by atoms with Gasteiger partial charge in [0.1, 0.15) is 0 Å². The number of rotatable bonds is 19. The summed E-state index contributed by atoms with van der Waals surface area (Å²) >= 11 is 0. The highest BCUT2D eigenvalue weighted by Crippen LogP contribution is 2.12. The number of carboxylic acid groups (broad SMARTS) is 1. The van der Waals surface area contributed by atoms with Gasteiger partial charge >= 0.3 is 5.97 Å². The number of benzene rings is 1. The highest BCUT2D eigenvalue weighted by atomic mass is 16.5. The van der Waals surface area contributed by atoms with Gasteiger partial charge in [-0.15, -0.1) is 0 Å². The van der Waals surface area contributed by atoms with Crippen LogP contribution in [0.1, 0.15) is 52.5 Å². The molecule has 0 spiro atoms. The van der Waals surface area contributed by atoms with E-state index in [1.807, 2.05) is 27.7 Å². The molecule has 1 aromatic carbocycles. The smallest absolute Gasteiger partial charge is 0.303 e. The van der Waals surface area contributed by atoms with E-state index in [0.717, 1.165) is 0 Å². The summed E-state index contributed by atoms with van der Waals surface area (Å²) in [6, 6.07) is 5.94. The number of hydrogen-bond acceptors (Lipinski definition) is 9. The average Bonchev–Trinajstić information content (AvgIpc) is 3.23. The lowest BCUT2D eigenvalue weighted by molar-refractivity contribution is -0.138. The van der Waals surface area contributed by atoms with Gasteiger partial charge in [0.2, 0.25) is 5.91 Å². The van der Waals surface area contributed by atoms with Gasteiger partial charge in [0.15, 0.2) is 0 Å². The highest BCUT2D eigenvalue weighted by Gasteiger charge is 2.24. The molecule has 1 heterocycles. The summed E-state index contributed by atoms with van der Waals surface area (Å²) in [6.45, 7) is 10.1. The number of ether oxygens (including phenoxy) is 1. The van der Waals surface area contributed by atoms with Crippen LogP contribution in [0, 0.1) is 0 Å². The number of carbonyl (C=O) groups excluding carboxylic acids is 3. The molecule has 12 heteroatoms. The Hall–Kier alpha value is -3.16. The molecule has 0 aliphatic carbocycles. The fourth-order valence-corrected chi connectivity index (χ4v) is 3.99. The number of imide groups is 1. The second kappa shape index (κ2) is 16.9. The van der Waals surface area contributed by atoms with Gasteiger partial charge in [-0.2, -0.15) is 0 Å². The maximum absolute atomic E-state index is 13.0. The van der Waals surface area contributed by atoms with Crippen LogP contribution in [0.2, 0.25) is 0 Å². The van der Waals surface area contributed by atoms with E-state index in [9.17, 15) is 29.4 Å². The van der Waals surface area contributed by atoms with Crippen LogP contribution in [-0.4, -0.2) is 95.3 Å². The van der Waals surface area contributed by atoms with Crippen LogP contribution < -0.4 is 21.3 Å². The molecule has 0 saturated carbocycles. The third kappa shape index (κ3) is 13.4. The van der Waals surface area contributed by atoms with Crippen LogP contribution in [0.15, 0.2) is 36.4 Å². The molecule has 1 aliphatic rings. The Bertz CT molecular complexity index is 1020. The van der Waals surface area contributed by atoms with Gasteiger partial charge in [-0.25, -0.2) is 0 Å². The third-order valence-corrected chi connectivity index (χ3v) is 6.36. The number of carboxylic acids is 1. The van der Waals surface area contributed by atoms with E-state index in [4.69, 9.17) is 4.74 Å². The normalized spacial score (nSPS) is 15.7. The predicted octanol–water partition coefficient (Wildman–Crippen LogP) is 1.01. The predicted molar refractivity (Wildman–Crippen MR) is 155 cm³/mol. The number of nitrogens with zero attached hydrogens (tertiary/aromatic N) is 1. The molecule has 3 amide bonds. The number of nitrogens with one attached hydrogen (secondary N) is 4. The molecule has 41 heavy (non-hydrogen) atoms. The molecule has 0 radical (unpaired) electrons. The largest absolute Gasteiger partial charge is 0.481 e. The van der Waals surface area contributed by atoms with E-state index < -0.39 is 12.0 Å². The first-order valence-electron chi connectivity index (χ1n) is 14.0. The fourth-order valence-electron chi connectivity index (χ4n) is 3.99. The van der Waals surface area contributed by atoms with Gasteiger partial charge in [0.25, 0.3) is 11.8 Å². The second-order valence-corrected chi connectivity index (χ2v) is 11.1. The summed E-state index contributed by atoms with van der Waals surface area (Å²) in [4.78, 5) is 48.8. The molecule has 2 rings (SSSR count). The Balaban J connectivity index is 1.90. The topological polar surface area (TPSA) is 169 Å². The van der Waals surface area contributed by atoms with Crippen LogP contribution >= 0.6 is 0 Å². The Morgan fingerprint density at radius 3 is 2.24 bits per heavy atom. The van der Waals surface area contributed by atoms with Crippen molar-refractivity contribution in [3.63, 3.8) is 0 Å². The summed E-state index contributed by atoms with van der Waals surface area (Å²) in [5.74, 6) is -1.90. The van der Waals surface area contributed by atoms with Crippen LogP contribution in [0.3, 0.4) is 0 Å². The third-order valence-electron chi connectivity index (χ3n) is 6.36. The van der Waals surface area contributed by atoms with Crippen LogP contribution in [-0.2, 0) is 30.5 Å². The average molecular weight is 576 g/mol.